The standard InChI is InChI=1S/C21H27NO/c1-6-15(13-17-9-12-22-23-17)16-7-8-18-19(14-16)21(4,5)11-10-20(18,2)3/h7-9,12-14H,6,10-11H2,1-5H3/b15-13+. The Morgan fingerprint density at radius 1 is 1.09 bits per heavy atom. The largest absolute Gasteiger partial charge is 0.357 e. The van der Waals surface area contributed by atoms with Gasteiger partial charge in [0.05, 0.1) is 6.20 Å². The molecule has 0 saturated heterocycles. The van der Waals surface area contributed by atoms with Gasteiger partial charge in [0.2, 0.25) is 0 Å². The molecule has 0 saturated carbocycles. The number of benzene rings is 1. The van der Waals surface area contributed by atoms with Gasteiger partial charge in [0.1, 0.15) is 0 Å². The van der Waals surface area contributed by atoms with Gasteiger partial charge in [-0.25, -0.2) is 0 Å². The first-order chi connectivity index (χ1) is 10.8. The minimum atomic E-state index is 0.242. The Labute approximate surface area is 139 Å². The summed E-state index contributed by atoms with van der Waals surface area (Å²) in [5, 5.41) is 3.80. The molecule has 2 aromatic rings. The molecular weight excluding hydrogens is 282 g/mol. The summed E-state index contributed by atoms with van der Waals surface area (Å²) in [5.74, 6) is 0.819. The Bertz CT molecular complexity index is 720. The molecule has 1 aliphatic rings. The Kier molecular flexibility index (Phi) is 3.95. The average molecular weight is 309 g/mol. The summed E-state index contributed by atoms with van der Waals surface area (Å²) in [6, 6.07) is 8.92. The number of fused-ring (bicyclic) bond motifs is 1. The molecule has 23 heavy (non-hydrogen) atoms. The van der Waals surface area contributed by atoms with Crippen LogP contribution < -0.4 is 0 Å². The molecule has 2 nitrogen and oxygen atoms in total. The van der Waals surface area contributed by atoms with Crippen molar-refractivity contribution in [1.29, 1.82) is 0 Å². The number of allylic oxidation sites excluding steroid dienone is 1. The molecule has 0 N–H and O–H groups in total. The van der Waals surface area contributed by atoms with Crippen LogP contribution in [0.15, 0.2) is 35.0 Å². The van der Waals surface area contributed by atoms with Crippen molar-refractivity contribution >= 4 is 11.6 Å². The fourth-order valence-corrected chi connectivity index (χ4v) is 3.65. The van der Waals surface area contributed by atoms with E-state index >= 15 is 0 Å². The van der Waals surface area contributed by atoms with Gasteiger partial charge in [-0.15, -0.1) is 0 Å². The van der Waals surface area contributed by atoms with E-state index < -0.39 is 0 Å². The number of hydrogen-bond donors (Lipinski definition) is 0. The monoisotopic (exact) mass is 309 g/mol. The van der Waals surface area contributed by atoms with Gasteiger partial charge in [0, 0.05) is 6.07 Å². The van der Waals surface area contributed by atoms with Crippen LogP contribution >= 0.6 is 0 Å². The Morgan fingerprint density at radius 2 is 1.78 bits per heavy atom. The third-order valence-corrected chi connectivity index (χ3v) is 5.38. The zero-order chi connectivity index (χ0) is 16.7. The second-order valence-corrected chi connectivity index (χ2v) is 7.97. The highest BCUT2D eigenvalue weighted by atomic mass is 16.5. The van der Waals surface area contributed by atoms with Crippen molar-refractivity contribution in [1.82, 2.24) is 5.16 Å². The van der Waals surface area contributed by atoms with Gasteiger partial charge in [0.25, 0.3) is 0 Å². The van der Waals surface area contributed by atoms with Crippen molar-refractivity contribution in [3.05, 3.63) is 52.9 Å². The predicted molar refractivity (Wildman–Crippen MR) is 96.4 cm³/mol. The number of hydrogen-bond acceptors (Lipinski definition) is 2. The van der Waals surface area contributed by atoms with Gasteiger partial charge >= 0.3 is 0 Å². The van der Waals surface area contributed by atoms with Crippen molar-refractivity contribution in [3.63, 3.8) is 0 Å². The lowest BCUT2D eigenvalue weighted by Gasteiger charge is -2.42. The van der Waals surface area contributed by atoms with Crippen LogP contribution in [-0.2, 0) is 10.8 Å². The quantitative estimate of drug-likeness (QED) is 0.697. The molecule has 1 aromatic heterocycles. The van der Waals surface area contributed by atoms with Crippen molar-refractivity contribution in [2.24, 2.45) is 0 Å². The van der Waals surface area contributed by atoms with Gasteiger partial charge in [-0.3, -0.25) is 0 Å². The Hall–Kier alpha value is -1.83. The van der Waals surface area contributed by atoms with Gasteiger partial charge in [-0.1, -0.05) is 58.0 Å². The summed E-state index contributed by atoms with van der Waals surface area (Å²) in [7, 11) is 0. The molecule has 0 amide bonds. The highest BCUT2D eigenvalue weighted by molar-refractivity contribution is 5.80. The molecule has 2 heteroatoms. The van der Waals surface area contributed by atoms with Gasteiger partial charge < -0.3 is 4.52 Å². The van der Waals surface area contributed by atoms with Crippen LogP contribution in [0.25, 0.3) is 11.6 Å². The average Bonchev–Trinajstić information content (AvgIpc) is 3.02. The lowest BCUT2D eigenvalue weighted by molar-refractivity contribution is 0.332. The maximum absolute atomic E-state index is 5.25. The third-order valence-electron chi connectivity index (χ3n) is 5.38. The van der Waals surface area contributed by atoms with E-state index in [0.29, 0.717) is 0 Å². The zero-order valence-electron chi connectivity index (χ0n) is 14.9. The fourth-order valence-electron chi connectivity index (χ4n) is 3.65. The predicted octanol–water partition coefficient (Wildman–Crippen LogP) is 5.97. The van der Waals surface area contributed by atoms with Crippen molar-refractivity contribution < 1.29 is 4.52 Å². The first-order valence-electron chi connectivity index (χ1n) is 8.60. The highest BCUT2D eigenvalue weighted by Crippen LogP contribution is 2.46. The lowest BCUT2D eigenvalue weighted by atomic mass is 9.63. The van der Waals surface area contributed by atoms with Crippen LogP contribution in [0.3, 0.4) is 0 Å². The molecule has 122 valence electrons. The fraction of sp³-hybridized carbons (Fsp3) is 0.476. The van der Waals surface area contributed by atoms with Crippen LogP contribution in [0, 0.1) is 0 Å². The molecule has 1 aromatic carbocycles. The van der Waals surface area contributed by atoms with Crippen molar-refractivity contribution in [3.8, 4) is 0 Å². The van der Waals surface area contributed by atoms with Gasteiger partial charge in [-0.2, -0.15) is 0 Å². The molecule has 0 aliphatic heterocycles. The Balaban J connectivity index is 2.09. The summed E-state index contributed by atoms with van der Waals surface area (Å²) >= 11 is 0. The molecule has 1 aliphatic carbocycles. The van der Waals surface area contributed by atoms with Crippen molar-refractivity contribution in [2.75, 3.05) is 0 Å². The minimum Gasteiger partial charge on any atom is -0.357 e. The maximum Gasteiger partial charge on any atom is 0.159 e. The van der Waals surface area contributed by atoms with E-state index in [1.165, 1.54) is 35.1 Å². The molecule has 1 heterocycles. The SMILES string of the molecule is CC/C(=C\c1ccno1)c1ccc2c(c1)C(C)(C)CCC2(C)C. The minimum absolute atomic E-state index is 0.242. The van der Waals surface area contributed by atoms with E-state index in [-0.39, 0.29) is 10.8 Å². The number of aromatic nitrogens is 1. The summed E-state index contributed by atoms with van der Waals surface area (Å²) in [4.78, 5) is 0. The second-order valence-electron chi connectivity index (χ2n) is 7.97. The first kappa shape index (κ1) is 16.0. The Morgan fingerprint density at radius 3 is 2.39 bits per heavy atom. The van der Waals surface area contributed by atoms with E-state index in [9.17, 15) is 0 Å². The molecule has 0 atom stereocenters. The second kappa shape index (κ2) is 5.67. The van der Waals surface area contributed by atoms with E-state index in [4.69, 9.17) is 4.52 Å². The van der Waals surface area contributed by atoms with E-state index in [2.05, 4.69) is 64.1 Å². The summed E-state index contributed by atoms with van der Waals surface area (Å²) < 4.78 is 5.25. The molecule has 0 bridgehead atoms. The molecular formula is C21H27NO. The number of nitrogens with zero attached hydrogens (tertiary/aromatic N) is 1. The zero-order valence-corrected chi connectivity index (χ0v) is 14.9. The summed E-state index contributed by atoms with van der Waals surface area (Å²) in [5.41, 5.74) is 6.11. The van der Waals surface area contributed by atoms with E-state index in [0.717, 1.165) is 12.2 Å². The summed E-state index contributed by atoms with van der Waals surface area (Å²) in [6.45, 7) is 11.7. The molecule has 0 fully saturated rings. The van der Waals surface area contributed by atoms with E-state index in [1.807, 2.05) is 6.07 Å². The van der Waals surface area contributed by atoms with Crippen LogP contribution in [-0.4, -0.2) is 5.16 Å². The normalized spacial score (nSPS) is 19.4. The molecule has 0 radical (unpaired) electrons. The smallest absolute Gasteiger partial charge is 0.159 e. The maximum atomic E-state index is 5.25. The highest BCUT2D eigenvalue weighted by Gasteiger charge is 2.36. The van der Waals surface area contributed by atoms with Crippen LogP contribution in [0.4, 0.5) is 0 Å². The molecule has 0 unspecified atom stereocenters. The topological polar surface area (TPSA) is 26.0 Å². The first-order valence-corrected chi connectivity index (χ1v) is 8.60. The molecule has 3 rings (SSSR count). The van der Waals surface area contributed by atoms with Crippen molar-refractivity contribution in [2.45, 2.75) is 64.7 Å². The van der Waals surface area contributed by atoms with Crippen LogP contribution in [0.1, 0.15) is 76.3 Å². The van der Waals surface area contributed by atoms with Gasteiger partial charge in [-0.05, 0) is 58.4 Å². The number of rotatable bonds is 3. The van der Waals surface area contributed by atoms with Gasteiger partial charge in [0.15, 0.2) is 5.76 Å². The summed E-state index contributed by atoms with van der Waals surface area (Å²) in [6.07, 6.45) is 7.27. The van der Waals surface area contributed by atoms with Crippen LogP contribution in [0.2, 0.25) is 0 Å². The molecule has 0 spiro atoms. The van der Waals surface area contributed by atoms with Crippen LogP contribution in [0.5, 0.6) is 0 Å². The third kappa shape index (κ3) is 2.99. The van der Waals surface area contributed by atoms with E-state index in [1.54, 1.807) is 6.20 Å². The lowest BCUT2D eigenvalue weighted by Crippen LogP contribution is -2.33.